The van der Waals surface area contributed by atoms with Crippen LogP contribution in [0.15, 0.2) is 22.4 Å². The quantitative estimate of drug-likeness (QED) is 0.670. The van der Waals surface area contributed by atoms with Crippen molar-refractivity contribution in [3.63, 3.8) is 0 Å². The van der Waals surface area contributed by atoms with Crippen molar-refractivity contribution >= 4 is 22.4 Å². The van der Waals surface area contributed by atoms with E-state index < -0.39 is 0 Å². The van der Waals surface area contributed by atoms with Gasteiger partial charge in [-0.05, 0) is 11.4 Å². The Hall–Kier alpha value is -2.50. The highest BCUT2D eigenvalue weighted by molar-refractivity contribution is 7.10. The van der Waals surface area contributed by atoms with E-state index in [-0.39, 0.29) is 5.56 Å². The predicted octanol–water partition coefficient (Wildman–Crippen LogP) is -0.0550. The highest BCUT2D eigenvalue weighted by Crippen LogP contribution is 2.16. The van der Waals surface area contributed by atoms with Crippen LogP contribution < -0.4 is 11.3 Å². The van der Waals surface area contributed by atoms with Crippen LogP contribution in [0, 0.1) is 11.8 Å². The van der Waals surface area contributed by atoms with Gasteiger partial charge < -0.3 is 5.73 Å². The van der Waals surface area contributed by atoms with Crippen molar-refractivity contribution in [2.24, 2.45) is 12.8 Å². The Labute approximate surface area is 124 Å². The van der Waals surface area contributed by atoms with Gasteiger partial charge in [0.1, 0.15) is 5.39 Å². The van der Waals surface area contributed by atoms with Crippen LogP contribution in [-0.4, -0.2) is 31.3 Å². The molecule has 106 valence electrons. The number of hydrogen-bond donors (Lipinski definition) is 1. The molecule has 0 saturated carbocycles. The summed E-state index contributed by atoms with van der Waals surface area (Å²) in [5.41, 5.74) is 6.51. The van der Waals surface area contributed by atoms with Crippen LogP contribution in [0.5, 0.6) is 0 Å². The smallest absolute Gasteiger partial charge is 0.281 e. The zero-order valence-corrected chi connectivity index (χ0v) is 12.1. The molecule has 0 unspecified atom stereocenters. The van der Waals surface area contributed by atoms with Crippen molar-refractivity contribution in [1.29, 1.82) is 0 Å². The number of thiophene rings is 1. The molecule has 0 bridgehead atoms. The lowest BCUT2D eigenvalue weighted by atomic mass is 10.2. The van der Waals surface area contributed by atoms with Crippen LogP contribution in [0.25, 0.3) is 11.0 Å². The molecule has 0 radical (unpaired) electrons. The van der Waals surface area contributed by atoms with Gasteiger partial charge in [-0.25, -0.2) is 9.36 Å². The fourth-order valence-corrected chi connectivity index (χ4v) is 2.75. The zero-order valence-electron chi connectivity index (χ0n) is 11.3. The molecule has 21 heavy (non-hydrogen) atoms. The molecule has 3 aromatic heterocycles. The minimum atomic E-state index is -0.209. The van der Waals surface area contributed by atoms with Crippen LogP contribution in [-0.2, 0) is 13.6 Å². The Morgan fingerprint density at radius 3 is 3.14 bits per heavy atom. The molecule has 3 heterocycles. The summed E-state index contributed by atoms with van der Waals surface area (Å²) < 4.78 is 2.85. The fourth-order valence-electron chi connectivity index (χ4n) is 1.94. The lowest BCUT2D eigenvalue weighted by Gasteiger charge is -2.02. The maximum absolute atomic E-state index is 12.3. The van der Waals surface area contributed by atoms with Gasteiger partial charge in [0.15, 0.2) is 5.65 Å². The number of nitrogens with two attached hydrogens (primary N) is 1. The summed E-state index contributed by atoms with van der Waals surface area (Å²) in [7, 11) is 1.72. The van der Waals surface area contributed by atoms with Crippen LogP contribution >= 0.6 is 11.3 Å². The lowest BCUT2D eigenvalue weighted by Crippen LogP contribution is -2.24. The Morgan fingerprint density at radius 2 is 2.33 bits per heavy atom. The first kappa shape index (κ1) is 13.5. The van der Waals surface area contributed by atoms with Gasteiger partial charge in [-0.2, -0.15) is 5.10 Å². The van der Waals surface area contributed by atoms with E-state index in [1.54, 1.807) is 7.05 Å². The molecular formula is C13H12N6OS. The van der Waals surface area contributed by atoms with Gasteiger partial charge in [-0.15, -0.1) is 16.4 Å². The molecule has 3 aromatic rings. The third kappa shape index (κ3) is 2.44. The molecule has 0 fully saturated rings. The number of nitrogens with zero attached hydrogens (tertiary/aromatic N) is 5. The normalized spacial score (nSPS) is 10.6. The predicted molar refractivity (Wildman–Crippen MR) is 79.9 cm³/mol. The molecule has 2 N–H and O–H groups in total. The summed E-state index contributed by atoms with van der Waals surface area (Å²) in [6.07, 6.45) is 1.51. The minimum Gasteiger partial charge on any atom is -0.320 e. The SMILES string of the molecule is Cn1ncc2c(=O)n(Cc3sccc3C#CCN)nnc21. The molecule has 0 spiro atoms. The van der Waals surface area contributed by atoms with E-state index in [2.05, 4.69) is 27.3 Å². The Balaban J connectivity index is 2.01. The lowest BCUT2D eigenvalue weighted by molar-refractivity contribution is 0.599. The van der Waals surface area contributed by atoms with Gasteiger partial charge in [-0.1, -0.05) is 17.1 Å². The highest BCUT2D eigenvalue weighted by Gasteiger charge is 2.11. The standard InChI is InChI=1S/C13H12N6OS/c1-18-12-10(7-15-18)13(20)19(17-16-12)8-11-9(3-2-5-14)4-6-21-11/h4,6-7H,5,8,14H2,1H3. The van der Waals surface area contributed by atoms with E-state index >= 15 is 0 Å². The van der Waals surface area contributed by atoms with E-state index in [9.17, 15) is 4.79 Å². The van der Waals surface area contributed by atoms with Crippen molar-refractivity contribution in [2.45, 2.75) is 6.54 Å². The molecule has 0 amide bonds. The van der Waals surface area contributed by atoms with Gasteiger partial charge in [0, 0.05) is 17.5 Å². The molecule has 0 aromatic carbocycles. The third-order valence-corrected chi connectivity index (χ3v) is 3.89. The molecule has 0 aliphatic rings. The fraction of sp³-hybridized carbons (Fsp3) is 0.231. The van der Waals surface area contributed by atoms with Gasteiger partial charge in [0.05, 0.1) is 19.3 Å². The van der Waals surface area contributed by atoms with Crippen molar-refractivity contribution in [2.75, 3.05) is 6.54 Å². The first-order chi connectivity index (χ1) is 10.2. The van der Waals surface area contributed by atoms with Gasteiger partial charge in [0.25, 0.3) is 5.56 Å². The van der Waals surface area contributed by atoms with Gasteiger partial charge >= 0.3 is 0 Å². The van der Waals surface area contributed by atoms with E-state index in [1.165, 1.54) is 26.9 Å². The first-order valence-electron chi connectivity index (χ1n) is 6.21. The summed E-state index contributed by atoms with van der Waals surface area (Å²) >= 11 is 1.52. The van der Waals surface area contributed by atoms with Crippen molar-refractivity contribution in [3.8, 4) is 11.8 Å². The van der Waals surface area contributed by atoms with E-state index in [0.29, 0.717) is 24.1 Å². The number of hydrogen-bond acceptors (Lipinski definition) is 6. The number of rotatable bonds is 2. The summed E-state index contributed by atoms with van der Waals surface area (Å²) in [6.45, 7) is 0.638. The van der Waals surface area contributed by atoms with E-state index in [0.717, 1.165) is 10.4 Å². The number of fused-ring (bicyclic) bond motifs is 1. The highest BCUT2D eigenvalue weighted by atomic mass is 32.1. The molecule has 0 aliphatic heterocycles. The van der Waals surface area contributed by atoms with Crippen molar-refractivity contribution in [3.05, 3.63) is 38.4 Å². The zero-order chi connectivity index (χ0) is 14.8. The minimum absolute atomic E-state index is 0.209. The largest absolute Gasteiger partial charge is 0.320 e. The third-order valence-electron chi connectivity index (χ3n) is 2.98. The van der Waals surface area contributed by atoms with E-state index in [4.69, 9.17) is 5.73 Å². The Morgan fingerprint density at radius 1 is 1.48 bits per heavy atom. The summed E-state index contributed by atoms with van der Waals surface area (Å²) in [5.74, 6) is 5.80. The monoisotopic (exact) mass is 300 g/mol. The topological polar surface area (TPSA) is 91.6 Å². The van der Waals surface area contributed by atoms with Crippen LogP contribution in [0.1, 0.15) is 10.4 Å². The molecule has 8 heteroatoms. The van der Waals surface area contributed by atoms with Crippen molar-refractivity contribution < 1.29 is 0 Å². The molecule has 7 nitrogen and oxygen atoms in total. The van der Waals surface area contributed by atoms with Gasteiger partial charge in [0.2, 0.25) is 0 Å². The molecule has 3 rings (SSSR count). The Bertz CT molecular complexity index is 910. The number of aryl methyl sites for hydroxylation is 1. The first-order valence-corrected chi connectivity index (χ1v) is 7.09. The second kappa shape index (κ2) is 5.47. The van der Waals surface area contributed by atoms with E-state index in [1.807, 2.05) is 11.4 Å². The molecule has 0 aliphatic carbocycles. The number of aromatic nitrogens is 5. The maximum Gasteiger partial charge on any atom is 0.281 e. The summed E-state index contributed by atoms with van der Waals surface area (Å²) in [4.78, 5) is 13.3. The second-order valence-electron chi connectivity index (χ2n) is 4.32. The molecule has 0 saturated heterocycles. The second-order valence-corrected chi connectivity index (χ2v) is 5.32. The summed E-state index contributed by atoms with van der Waals surface area (Å²) in [6, 6.07) is 1.91. The average Bonchev–Trinajstić information content (AvgIpc) is 3.07. The summed E-state index contributed by atoms with van der Waals surface area (Å²) in [5, 5.41) is 14.4. The van der Waals surface area contributed by atoms with Crippen LogP contribution in [0.4, 0.5) is 0 Å². The van der Waals surface area contributed by atoms with Crippen molar-refractivity contribution in [1.82, 2.24) is 24.8 Å². The van der Waals surface area contributed by atoms with Crippen LogP contribution in [0.3, 0.4) is 0 Å². The average molecular weight is 300 g/mol. The molecule has 0 atom stereocenters. The maximum atomic E-state index is 12.3. The van der Waals surface area contributed by atoms with Gasteiger partial charge in [-0.3, -0.25) is 4.79 Å². The Kier molecular flexibility index (Phi) is 3.51. The molecular weight excluding hydrogens is 288 g/mol. The van der Waals surface area contributed by atoms with Crippen LogP contribution in [0.2, 0.25) is 0 Å².